The summed E-state index contributed by atoms with van der Waals surface area (Å²) >= 11 is 3.37. The van der Waals surface area contributed by atoms with Crippen molar-refractivity contribution in [2.75, 3.05) is 32.8 Å². The smallest absolute Gasteiger partial charge is 0.253 e. The molecule has 0 spiro atoms. The van der Waals surface area contributed by atoms with Gasteiger partial charge in [-0.05, 0) is 34.5 Å². The molecule has 25 heavy (non-hydrogen) atoms. The molecule has 2 N–H and O–H groups in total. The summed E-state index contributed by atoms with van der Waals surface area (Å²) in [6.45, 7) is 6.41. The Kier molecular flexibility index (Phi) is 6.18. The zero-order chi connectivity index (χ0) is 17.6. The van der Waals surface area contributed by atoms with Gasteiger partial charge in [0.25, 0.3) is 5.91 Å². The highest BCUT2D eigenvalue weighted by atomic mass is 79.9. The van der Waals surface area contributed by atoms with Crippen LogP contribution in [0.5, 0.6) is 0 Å². The van der Waals surface area contributed by atoms with Gasteiger partial charge in [0.05, 0.1) is 18.8 Å². The summed E-state index contributed by atoms with van der Waals surface area (Å²) in [7, 11) is 0. The summed E-state index contributed by atoms with van der Waals surface area (Å²) in [4.78, 5) is 18.2. The van der Waals surface area contributed by atoms with Crippen molar-refractivity contribution in [1.82, 2.24) is 10.3 Å². The van der Waals surface area contributed by atoms with E-state index in [1.54, 1.807) is 18.5 Å². The molecule has 0 radical (unpaired) electrons. The largest absolute Gasteiger partial charge is 0.370 e. The van der Waals surface area contributed by atoms with Crippen molar-refractivity contribution in [3.63, 3.8) is 0 Å². The lowest BCUT2D eigenvalue weighted by Crippen LogP contribution is -3.14. The van der Waals surface area contributed by atoms with Gasteiger partial charge in [-0.25, -0.2) is 0 Å². The second-order valence-corrected chi connectivity index (χ2v) is 7.31. The molecule has 1 saturated heterocycles. The normalized spacial score (nSPS) is 16.4. The molecule has 2 aromatic rings. The van der Waals surface area contributed by atoms with Gasteiger partial charge in [-0.1, -0.05) is 29.8 Å². The molecule has 1 fully saturated rings. The number of hydrogen-bond acceptors (Lipinski definition) is 3. The highest BCUT2D eigenvalue weighted by molar-refractivity contribution is 9.10. The van der Waals surface area contributed by atoms with Gasteiger partial charge in [-0.3, -0.25) is 9.78 Å². The Balaban J connectivity index is 1.77. The third kappa shape index (κ3) is 5.11. The van der Waals surface area contributed by atoms with Gasteiger partial charge in [-0.15, -0.1) is 0 Å². The number of rotatable bonds is 5. The Hall–Kier alpha value is -1.76. The number of aryl methyl sites for hydroxylation is 1. The number of carbonyl (C=O) groups is 1. The predicted molar refractivity (Wildman–Crippen MR) is 99.7 cm³/mol. The van der Waals surface area contributed by atoms with Crippen LogP contribution in [0.2, 0.25) is 0 Å². The van der Waals surface area contributed by atoms with Crippen molar-refractivity contribution in [2.45, 2.75) is 13.0 Å². The summed E-state index contributed by atoms with van der Waals surface area (Å²) in [5.74, 6) is -0.105. The maximum absolute atomic E-state index is 12.7. The molecule has 1 aliphatic heterocycles. The average Bonchev–Trinajstić information content (AvgIpc) is 2.62. The number of nitrogens with one attached hydrogen (secondary N) is 2. The highest BCUT2D eigenvalue weighted by Crippen LogP contribution is 2.15. The molecule has 2 heterocycles. The number of nitrogens with zero attached hydrogens (tertiary/aromatic N) is 1. The SMILES string of the molecule is Cc1ccc([C@H](C[NH+]2CCOCC2)NC(=O)c2cncc(Br)c2)cc1. The number of halogens is 1. The van der Waals surface area contributed by atoms with Crippen molar-refractivity contribution in [3.05, 3.63) is 63.9 Å². The van der Waals surface area contributed by atoms with Gasteiger partial charge in [-0.2, -0.15) is 0 Å². The number of aromatic nitrogens is 1. The maximum Gasteiger partial charge on any atom is 0.253 e. The quantitative estimate of drug-likeness (QED) is 0.794. The van der Waals surface area contributed by atoms with Gasteiger partial charge in [0.2, 0.25) is 0 Å². The van der Waals surface area contributed by atoms with Crippen LogP contribution in [0.3, 0.4) is 0 Å². The van der Waals surface area contributed by atoms with Crippen LogP contribution in [-0.4, -0.2) is 43.7 Å². The van der Waals surface area contributed by atoms with E-state index in [0.717, 1.165) is 42.9 Å². The van der Waals surface area contributed by atoms with Crippen molar-refractivity contribution in [2.24, 2.45) is 0 Å². The fraction of sp³-hybridized carbons (Fsp3) is 0.368. The number of quaternary nitrogens is 1. The fourth-order valence-corrected chi connectivity index (χ4v) is 3.35. The standard InChI is InChI=1S/C19H22BrN3O2/c1-14-2-4-15(5-3-14)18(13-23-6-8-25-9-7-23)22-19(24)16-10-17(20)12-21-11-16/h2-5,10-12,18H,6-9,13H2,1H3,(H,22,24)/p+1/t18-/m0/s1. The van der Waals surface area contributed by atoms with E-state index in [1.807, 2.05) is 0 Å². The lowest BCUT2D eigenvalue weighted by atomic mass is 10.0. The van der Waals surface area contributed by atoms with Crippen LogP contribution in [0.4, 0.5) is 0 Å². The third-order valence-corrected chi connectivity index (χ3v) is 4.88. The van der Waals surface area contributed by atoms with Gasteiger partial charge < -0.3 is 15.0 Å². The first kappa shape index (κ1) is 18.0. The zero-order valence-corrected chi connectivity index (χ0v) is 15.9. The van der Waals surface area contributed by atoms with E-state index in [2.05, 4.69) is 57.4 Å². The number of hydrogen-bond donors (Lipinski definition) is 2. The molecule has 0 aliphatic carbocycles. The molecular formula is C19H23BrN3O2+. The second-order valence-electron chi connectivity index (χ2n) is 6.40. The number of pyridine rings is 1. The number of benzene rings is 1. The number of ether oxygens (including phenoxy) is 1. The molecule has 0 unspecified atom stereocenters. The van der Waals surface area contributed by atoms with E-state index in [0.29, 0.717) is 5.56 Å². The van der Waals surface area contributed by atoms with E-state index in [1.165, 1.54) is 10.5 Å². The lowest BCUT2D eigenvalue weighted by molar-refractivity contribution is -0.909. The number of amides is 1. The summed E-state index contributed by atoms with van der Waals surface area (Å²) in [5.41, 5.74) is 2.90. The van der Waals surface area contributed by atoms with Crippen molar-refractivity contribution in [1.29, 1.82) is 0 Å². The van der Waals surface area contributed by atoms with E-state index in [9.17, 15) is 4.79 Å². The van der Waals surface area contributed by atoms with Crippen LogP contribution in [0.1, 0.15) is 27.5 Å². The Morgan fingerprint density at radius 3 is 2.68 bits per heavy atom. The van der Waals surface area contributed by atoms with Crippen LogP contribution in [-0.2, 0) is 4.74 Å². The minimum Gasteiger partial charge on any atom is -0.370 e. The zero-order valence-electron chi connectivity index (χ0n) is 14.3. The molecule has 0 saturated carbocycles. The van der Waals surface area contributed by atoms with E-state index in [4.69, 9.17) is 4.74 Å². The molecule has 0 bridgehead atoms. The number of morpholine rings is 1. The second kappa shape index (κ2) is 8.56. The first-order valence-corrected chi connectivity index (χ1v) is 9.30. The summed E-state index contributed by atoms with van der Waals surface area (Å²) in [6, 6.07) is 10.1. The molecule has 1 aromatic carbocycles. The van der Waals surface area contributed by atoms with E-state index in [-0.39, 0.29) is 11.9 Å². The molecule has 132 valence electrons. The maximum atomic E-state index is 12.7. The highest BCUT2D eigenvalue weighted by Gasteiger charge is 2.23. The van der Waals surface area contributed by atoms with Crippen LogP contribution in [0.15, 0.2) is 47.2 Å². The monoisotopic (exact) mass is 404 g/mol. The Labute approximate surface area is 156 Å². The van der Waals surface area contributed by atoms with Gasteiger partial charge >= 0.3 is 0 Å². The van der Waals surface area contributed by atoms with Gasteiger partial charge in [0.1, 0.15) is 25.7 Å². The Morgan fingerprint density at radius 2 is 2.00 bits per heavy atom. The summed E-state index contributed by atoms with van der Waals surface area (Å²) in [5, 5.41) is 3.18. The molecule has 1 aliphatic rings. The molecule has 1 aromatic heterocycles. The van der Waals surface area contributed by atoms with Crippen molar-refractivity contribution >= 4 is 21.8 Å². The minimum atomic E-state index is -0.105. The molecule has 3 rings (SSSR count). The average molecular weight is 405 g/mol. The van der Waals surface area contributed by atoms with Gasteiger partial charge in [0.15, 0.2) is 0 Å². The first-order chi connectivity index (χ1) is 12.1. The molecular weight excluding hydrogens is 382 g/mol. The van der Waals surface area contributed by atoms with Crippen molar-refractivity contribution in [3.8, 4) is 0 Å². The summed E-state index contributed by atoms with van der Waals surface area (Å²) in [6.07, 6.45) is 3.26. The Morgan fingerprint density at radius 1 is 1.28 bits per heavy atom. The number of carbonyl (C=O) groups excluding carboxylic acids is 1. The van der Waals surface area contributed by atoms with Crippen molar-refractivity contribution < 1.29 is 14.4 Å². The van der Waals surface area contributed by atoms with E-state index < -0.39 is 0 Å². The molecule has 6 heteroatoms. The van der Waals surface area contributed by atoms with Gasteiger partial charge in [0, 0.05) is 16.9 Å². The van der Waals surface area contributed by atoms with Crippen LogP contribution in [0.25, 0.3) is 0 Å². The lowest BCUT2D eigenvalue weighted by Gasteiger charge is -2.28. The fourth-order valence-electron chi connectivity index (χ4n) is 2.98. The van der Waals surface area contributed by atoms with Crippen LogP contribution >= 0.6 is 15.9 Å². The minimum absolute atomic E-state index is 0.0415. The third-order valence-electron chi connectivity index (χ3n) is 4.44. The van der Waals surface area contributed by atoms with E-state index >= 15 is 0 Å². The van der Waals surface area contributed by atoms with Crippen LogP contribution in [0, 0.1) is 6.92 Å². The topological polar surface area (TPSA) is 55.7 Å². The molecule has 5 nitrogen and oxygen atoms in total. The summed E-state index contributed by atoms with van der Waals surface area (Å²) < 4.78 is 6.24. The predicted octanol–water partition coefficient (Wildman–Crippen LogP) is 1.54. The first-order valence-electron chi connectivity index (χ1n) is 8.51. The molecule has 1 amide bonds. The Bertz CT molecular complexity index is 715. The molecule has 1 atom stereocenters. The van der Waals surface area contributed by atoms with Crippen LogP contribution < -0.4 is 10.2 Å².